The van der Waals surface area contributed by atoms with Gasteiger partial charge in [-0.05, 0) is 30.2 Å². The number of hydrogen-bond donors (Lipinski definition) is 1. The summed E-state index contributed by atoms with van der Waals surface area (Å²) in [5, 5.41) is 4.24. The third kappa shape index (κ3) is 4.56. The Kier molecular flexibility index (Phi) is 6.27. The Bertz CT molecular complexity index is 996. The maximum absolute atomic E-state index is 12.7. The Morgan fingerprint density at radius 2 is 1.89 bits per heavy atom. The second-order valence-corrected chi connectivity index (χ2v) is 6.66. The van der Waals surface area contributed by atoms with Gasteiger partial charge in [-0.2, -0.15) is 0 Å². The average Bonchev–Trinajstić information content (AvgIpc) is 2.68. The molecule has 6 heteroatoms. The number of hydrogen-bond acceptors (Lipinski definition) is 3. The molecule has 140 valence electrons. The van der Waals surface area contributed by atoms with Crippen molar-refractivity contribution in [3.63, 3.8) is 0 Å². The lowest BCUT2D eigenvalue weighted by Crippen LogP contribution is -2.29. The fourth-order valence-corrected chi connectivity index (χ4v) is 3.10. The first-order chi connectivity index (χ1) is 13.1. The number of aromatic nitrogens is 1. The first kappa shape index (κ1) is 19.1. The molecule has 0 aliphatic rings. The molecule has 5 nitrogen and oxygen atoms in total. The molecule has 1 heterocycles. The zero-order chi connectivity index (χ0) is 19.2. The van der Waals surface area contributed by atoms with Crippen molar-refractivity contribution in [2.24, 2.45) is 0 Å². The lowest BCUT2D eigenvalue weighted by atomic mass is 10.1. The van der Waals surface area contributed by atoms with E-state index in [1.165, 1.54) is 6.07 Å². The van der Waals surface area contributed by atoms with Crippen LogP contribution in [0.3, 0.4) is 0 Å². The van der Waals surface area contributed by atoms with Crippen molar-refractivity contribution in [3.8, 4) is 0 Å². The second-order valence-electron chi connectivity index (χ2n) is 6.23. The third-order valence-electron chi connectivity index (χ3n) is 4.33. The highest BCUT2D eigenvalue weighted by Crippen LogP contribution is 2.18. The Labute approximate surface area is 162 Å². The number of benzene rings is 2. The SMILES string of the molecule is COCCCNC(=O)c1cc(=O)n(Cc2ccc(Cl)cc2)c2ccccc12. The molecular weight excluding hydrogens is 364 g/mol. The van der Waals surface area contributed by atoms with Crippen LogP contribution in [-0.4, -0.2) is 30.7 Å². The maximum atomic E-state index is 12.7. The van der Waals surface area contributed by atoms with E-state index in [0.717, 1.165) is 16.5 Å². The second kappa shape index (κ2) is 8.84. The van der Waals surface area contributed by atoms with Crippen LogP contribution in [0, 0.1) is 0 Å². The van der Waals surface area contributed by atoms with E-state index in [9.17, 15) is 9.59 Å². The minimum absolute atomic E-state index is 0.217. The van der Waals surface area contributed by atoms with E-state index >= 15 is 0 Å². The molecular formula is C21H21ClN2O3. The van der Waals surface area contributed by atoms with Crippen LogP contribution >= 0.6 is 11.6 Å². The Hall–Kier alpha value is -2.63. The molecule has 0 spiro atoms. The highest BCUT2D eigenvalue weighted by Gasteiger charge is 2.14. The third-order valence-corrected chi connectivity index (χ3v) is 4.58. The number of nitrogens with zero attached hydrogens (tertiary/aromatic N) is 1. The highest BCUT2D eigenvalue weighted by molar-refractivity contribution is 6.30. The summed E-state index contributed by atoms with van der Waals surface area (Å²) < 4.78 is 6.65. The smallest absolute Gasteiger partial charge is 0.252 e. The summed E-state index contributed by atoms with van der Waals surface area (Å²) in [6.07, 6.45) is 0.716. The van der Waals surface area contributed by atoms with Gasteiger partial charge >= 0.3 is 0 Å². The Morgan fingerprint density at radius 3 is 2.63 bits per heavy atom. The normalized spacial score (nSPS) is 10.9. The summed E-state index contributed by atoms with van der Waals surface area (Å²) in [5.41, 5.74) is 1.86. The fraction of sp³-hybridized carbons (Fsp3) is 0.238. The topological polar surface area (TPSA) is 60.3 Å². The van der Waals surface area contributed by atoms with Crippen molar-refractivity contribution in [1.29, 1.82) is 0 Å². The van der Waals surface area contributed by atoms with Crippen LogP contribution in [0.5, 0.6) is 0 Å². The van der Waals surface area contributed by atoms with E-state index in [4.69, 9.17) is 16.3 Å². The van der Waals surface area contributed by atoms with E-state index in [1.54, 1.807) is 23.8 Å². The first-order valence-electron chi connectivity index (χ1n) is 8.74. The highest BCUT2D eigenvalue weighted by atomic mass is 35.5. The van der Waals surface area contributed by atoms with Gasteiger partial charge in [-0.3, -0.25) is 9.59 Å². The van der Waals surface area contributed by atoms with Gasteiger partial charge in [0.25, 0.3) is 11.5 Å². The summed E-state index contributed by atoms with van der Waals surface area (Å²) in [6.45, 7) is 1.48. The molecule has 0 bridgehead atoms. The predicted octanol–water partition coefficient (Wildman–Crippen LogP) is 3.47. The Balaban J connectivity index is 1.95. The number of carbonyl (C=O) groups is 1. The maximum Gasteiger partial charge on any atom is 0.252 e. The number of pyridine rings is 1. The minimum Gasteiger partial charge on any atom is -0.385 e. The van der Waals surface area contributed by atoms with E-state index in [-0.39, 0.29) is 11.5 Å². The monoisotopic (exact) mass is 384 g/mol. The van der Waals surface area contributed by atoms with Crippen molar-refractivity contribution in [2.45, 2.75) is 13.0 Å². The van der Waals surface area contributed by atoms with Gasteiger partial charge in [-0.25, -0.2) is 0 Å². The summed E-state index contributed by atoms with van der Waals surface area (Å²) >= 11 is 5.94. The Morgan fingerprint density at radius 1 is 1.15 bits per heavy atom. The van der Waals surface area contributed by atoms with Crippen molar-refractivity contribution in [3.05, 3.63) is 81.1 Å². The zero-order valence-corrected chi connectivity index (χ0v) is 15.8. The summed E-state index contributed by atoms with van der Waals surface area (Å²) in [7, 11) is 1.62. The van der Waals surface area contributed by atoms with E-state index in [0.29, 0.717) is 36.7 Å². The van der Waals surface area contributed by atoms with Gasteiger partial charge in [-0.1, -0.05) is 41.9 Å². The van der Waals surface area contributed by atoms with Crippen LogP contribution in [0.4, 0.5) is 0 Å². The standard InChI is InChI=1S/C21H21ClN2O3/c1-27-12-4-11-23-21(26)18-13-20(25)24(19-6-3-2-5-17(18)19)14-15-7-9-16(22)10-8-15/h2-3,5-10,13H,4,11-12,14H2,1H3,(H,23,26). The molecule has 0 aliphatic carbocycles. The quantitative estimate of drug-likeness (QED) is 0.634. The number of methoxy groups -OCH3 is 1. The first-order valence-corrected chi connectivity index (χ1v) is 9.12. The lowest BCUT2D eigenvalue weighted by Gasteiger charge is -2.14. The van der Waals surface area contributed by atoms with Gasteiger partial charge in [0.2, 0.25) is 0 Å². The minimum atomic E-state index is -0.252. The van der Waals surface area contributed by atoms with Crippen molar-refractivity contribution in [1.82, 2.24) is 9.88 Å². The largest absolute Gasteiger partial charge is 0.385 e. The van der Waals surface area contributed by atoms with Gasteiger partial charge in [0.1, 0.15) is 0 Å². The van der Waals surface area contributed by atoms with Gasteiger partial charge in [0.15, 0.2) is 0 Å². The zero-order valence-electron chi connectivity index (χ0n) is 15.1. The van der Waals surface area contributed by atoms with Crippen LogP contribution in [-0.2, 0) is 11.3 Å². The molecule has 1 N–H and O–H groups in total. The molecule has 3 rings (SSSR count). The molecule has 0 saturated heterocycles. The number of amides is 1. The molecule has 0 unspecified atom stereocenters. The summed E-state index contributed by atoms with van der Waals surface area (Å²) in [4.78, 5) is 25.3. The fourth-order valence-electron chi connectivity index (χ4n) is 2.97. The molecule has 0 aliphatic heterocycles. The van der Waals surface area contributed by atoms with Crippen molar-refractivity contribution < 1.29 is 9.53 Å². The van der Waals surface area contributed by atoms with Gasteiger partial charge in [0.05, 0.1) is 17.6 Å². The molecule has 27 heavy (non-hydrogen) atoms. The molecule has 2 aromatic carbocycles. The van der Waals surface area contributed by atoms with E-state index < -0.39 is 0 Å². The molecule has 0 atom stereocenters. The van der Waals surface area contributed by atoms with Crippen LogP contribution in [0.2, 0.25) is 5.02 Å². The van der Waals surface area contributed by atoms with Crippen molar-refractivity contribution in [2.75, 3.05) is 20.3 Å². The average molecular weight is 385 g/mol. The van der Waals surface area contributed by atoms with Gasteiger partial charge < -0.3 is 14.6 Å². The molecule has 0 fully saturated rings. The van der Waals surface area contributed by atoms with Crippen LogP contribution in [0.1, 0.15) is 22.3 Å². The number of rotatable bonds is 7. The molecule has 1 aromatic heterocycles. The molecule has 0 radical (unpaired) electrons. The molecule has 1 amide bonds. The van der Waals surface area contributed by atoms with E-state index in [1.807, 2.05) is 36.4 Å². The van der Waals surface area contributed by atoms with Crippen molar-refractivity contribution >= 4 is 28.4 Å². The predicted molar refractivity (Wildman–Crippen MR) is 108 cm³/mol. The number of carbonyl (C=O) groups excluding carboxylic acids is 1. The molecule has 0 saturated carbocycles. The number of halogens is 1. The van der Waals surface area contributed by atoms with Gasteiger partial charge in [0, 0.05) is 36.7 Å². The summed E-state index contributed by atoms with van der Waals surface area (Å²) in [5.74, 6) is -0.252. The number of nitrogens with one attached hydrogen (secondary N) is 1. The number of fused-ring (bicyclic) bond motifs is 1. The van der Waals surface area contributed by atoms with Crippen LogP contribution in [0.15, 0.2) is 59.4 Å². The van der Waals surface area contributed by atoms with E-state index in [2.05, 4.69) is 5.32 Å². The lowest BCUT2D eigenvalue weighted by molar-refractivity contribution is 0.0950. The number of para-hydroxylation sites is 1. The van der Waals surface area contributed by atoms with Crippen LogP contribution < -0.4 is 10.9 Å². The molecule has 3 aromatic rings. The number of ether oxygens (including phenoxy) is 1. The van der Waals surface area contributed by atoms with Gasteiger partial charge in [-0.15, -0.1) is 0 Å². The summed E-state index contributed by atoms with van der Waals surface area (Å²) in [6, 6.07) is 16.2. The van der Waals surface area contributed by atoms with Crippen LogP contribution in [0.25, 0.3) is 10.9 Å².